The van der Waals surface area contributed by atoms with Crippen LogP contribution < -0.4 is 15.4 Å². The Labute approximate surface area is 249 Å². The van der Waals surface area contributed by atoms with Crippen LogP contribution in [0.4, 0.5) is 25.5 Å². The first-order valence-electron chi connectivity index (χ1n) is 12.9. The predicted octanol–water partition coefficient (Wildman–Crippen LogP) is 6.02. The summed E-state index contributed by atoms with van der Waals surface area (Å²) in [6.45, 7) is 2.21. The molecule has 0 saturated carbocycles. The first-order chi connectivity index (χ1) is 20.3. The Hall–Kier alpha value is -4.60. The summed E-state index contributed by atoms with van der Waals surface area (Å²) in [5, 5.41) is 15.9. The Morgan fingerprint density at radius 2 is 2.10 bits per heavy atom. The fraction of sp³-hybridized carbons (Fsp3) is 0.241. The third-order valence-corrected chi connectivity index (χ3v) is 7.64. The molecule has 2 aromatic carbocycles. The van der Waals surface area contributed by atoms with E-state index < -0.39 is 24.3 Å². The zero-order valence-corrected chi connectivity index (χ0v) is 23.8. The molecule has 0 aliphatic carbocycles. The molecule has 4 aromatic rings. The summed E-state index contributed by atoms with van der Waals surface area (Å²) in [6, 6.07) is 12.2. The fourth-order valence-corrected chi connectivity index (χ4v) is 5.56. The lowest BCUT2D eigenvalue weighted by Crippen LogP contribution is -2.39. The number of carbonyl (C=O) groups is 2. The van der Waals surface area contributed by atoms with Gasteiger partial charge in [-0.05, 0) is 48.9 Å². The number of thiophene rings is 1. The quantitative estimate of drug-likeness (QED) is 0.217. The molecule has 216 valence electrons. The lowest BCUT2D eigenvalue weighted by Gasteiger charge is -2.16. The van der Waals surface area contributed by atoms with Crippen molar-refractivity contribution in [2.75, 3.05) is 18.5 Å². The van der Waals surface area contributed by atoms with Gasteiger partial charge in [-0.25, -0.2) is 23.9 Å². The van der Waals surface area contributed by atoms with E-state index in [4.69, 9.17) is 21.1 Å². The van der Waals surface area contributed by atoms with Gasteiger partial charge in [-0.1, -0.05) is 35.6 Å². The normalized spacial score (nSPS) is 16.0. The molecule has 2 amide bonds. The second kappa shape index (κ2) is 12.9. The second-order valence-corrected chi connectivity index (χ2v) is 10.7. The molecule has 1 fully saturated rings. The highest BCUT2D eigenvalue weighted by Crippen LogP contribution is 2.33. The van der Waals surface area contributed by atoms with E-state index in [1.54, 1.807) is 37.3 Å². The minimum Gasteiger partial charge on any atom is -0.487 e. The van der Waals surface area contributed by atoms with Crippen LogP contribution >= 0.6 is 22.9 Å². The van der Waals surface area contributed by atoms with E-state index in [1.807, 2.05) is 6.07 Å². The largest absolute Gasteiger partial charge is 0.487 e. The van der Waals surface area contributed by atoms with E-state index >= 15 is 0 Å². The van der Waals surface area contributed by atoms with Crippen molar-refractivity contribution in [2.24, 2.45) is 0 Å². The number of ether oxygens (including phenoxy) is 2. The Balaban J connectivity index is 1.28. The molecule has 13 heteroatoms. The van der Waals surface area contributed by atoms with Gasteiger partial charge in [0.25, 0.3) is 0 Å². The second-order valence-electron chi connectivity index (χ2n) is 9.25. The molecule has 5 rings (SSSR count). The van der Waals surface area contributed by atoms with Gasteiger partial charge in [-0.15, -0.1) is 11.3 Å². The number of alkyl carbamates (subject to hydrolysis) is 1. The third-order valence-electron chi connectivity index (χ3n) is 6.30. The van der Waals surface area contributed by atoms with Crippen molar-refractivity contribution in [1.29, 1.82) is 0 Å². The number of aromatic nitrogens is 2. The molecule has 3 N–H and O–H groups in total. The van der Waals surface area contributed by atoms with Gasteiger partial charge in [0.1, 0.15) is 24.5 Å². The Morgan fingerprint density at radius 1 is 1.24 bits per heavy atom. The SMILES string of the molecule is CCOC(=O)N[C@H]1C[C@@H](C#Cc2cc3ncnc(Nc4ccc(OCc5cccc(F)c5)c(Cl)c4)c3s2)N(C(=O)O)C1. The zero-order chi connectivity index (χ0) is 29.6. The van der Waals surface area contributed by atoms with Crippen LogP contribution in [0.15, 0.2) is 54.9 Å². The average Bonchev–Trinajstić information content (AvgIpc) is 3.56. The summed E-state index contributed by atoms with van der Waals surface area (Å²) in [5.74, 6) is 6.76. The number of benzene rings is 2. The maximum atomic E-state index is 13.4. The molecule has 0 unspecified atom stereocenters. The van der Waals surface area contributed by atoms with Crippen LogP contribution in [0.3, 0.4) is 0 Å². The maximum absolute atomic E-state index is 13.4. The monoisotopic (exact) mass is 609 g/mol. The molecule has 3 heterocycles. The van der Waals surface area contributed by atoms with Crippen LogP contribution in [0.1, 0.15) is 23.8 Å². The minimum atomic E-state index is -1.11. The number of anilines is 2. The number of hydrogen-bond acceptors (Lipinski definition) is 8. The molecule has 2 atom stereocenters. The van der Waals surface area contributed by atoms with Crippen molar-refractivity contribution >= 4 is 56.8 Å². The number of nitrogens with one attached hydrogen (secondary N) is 2. The minimum absolute atomic E-state index is 0.122. The fourth-order valence-electron chi connectivity index (χ4n) is 4.41. The lowest BCUT2D eigenvalue weighted by molar-refractivity contribution is 0.141. The molecule has 0 spiro atoms. The highest BCUT2D eigenvalue weighted by Gasteiger charge is 2.35. The Bertz CT molecular complexity index is 1690. The standard InChI is InChI=1S/C29H25ClFN5O5S/c1-2-40-28(37)35-20-11-21(36(14-20)29(38)39)7-8-22-13-24-26(42-22)27(33-16-32-24)34-19-6-9-25(23(30)12-19)41-15-17-4-3-5-18(31)10-17/h3-6,9-10,12-13,16,20-21H,2,11,14-15H2,1H3,(H,35,37)(H,38,39)(H,32,33,34)/t20-,21+/m0/s1. The lowest BCUT2D eigenvalue weighted by atomic mass is 10.2. The highest BCUT2D eigenvalue weighted by molar-refractivity contribution is 7.20. The molecule has 2 aromatic heterocycles. The van der Waals surface area contributed by atoms with E-state index in [9.17, 15) is 19.1 Å². The molecular formula is C29H25ClFN5O5S. The van der Waals surface area contributed by atoms with E-state index in [-0.39, 0.29) is 25.6 Å². The first kappa shape index (κ1) is 28.9. The molecule has 0 radical (unpaired) electrons. The number of amides is 2. The molecule has 1 saturated heterocycles. The average molecular weight is 610 g/mol. The van der Waals surface area contributed by atoms with Crippen LogP contribution in [0.5, 0.6) is 5.75 Å². The van der Waals surface area contributed by atoms with Gasteiger partial charge in [-0.3, -0.25) is 4.90 Å². The summed E-state index contributed by atoms with van der Waals surface area (Å²) in [5.41, 5.74) is 2.03. The van der Waals surface area contributed by atoms with Gasteiger partial charge in [0.05, 0.1) is 38.8 Å². The Kier molecular flexibility index (Phi) is 8.90. The van der Waals surface area contributed by atoms with Gasteiger partial charge in [0.2, 0.25) is 0 Å². The van der Waals surface area contributed by atoms with E-state index in [0.29, 0.717) is 44.7 Å². The van der Waals surface area contributed by atoms with Crippen molar-refractivity contribution < 1.29 is 28.6 Å². The third kappa shape index (κ3) is 6.99. The molecular weight excluding hydrogens is 585 g/mol. The number of carbonyl (C=O) groups excluding carboxylic acids is 1. The molecule has 10 nitrogen and oxygen atoms in total. The van der Waals surface area contributed by atoms with Crippen molar-refractivity contribution in [3.63, 3.8) is 0 Å². The topological polar surface area (TPSA) is 126 Å². The number of carboxylic acid groups (broad SMARTS) is 1. The number of hydrogen-bond donors (Lipinski definition) is 3. The van der Waals surface area contributed by atoms with Crippen molar-refractivity contribution in [3.8, 4) is 17.6 Å². The van der Waals surface area contributed by atoms with Crippen molar-refractivity contribution in [1.82, 2.24) is 20.2 Å². The van der Waals surface area contributed by atoms with Crippen LogP contribution in [-0.4, -0.2) is 57.4 Å². The van der Waals surface area contributed by atoms with Gasteiger partial charge in [0, 0.05) is 18.7 Å². The smallest absolute Gasteiger partial charge is 0.408 e. The Morgan fingerprint density at radius 3 is 2.86 bits per heavy atom. The summed E-state index contributed by atoms with van der Waals surface area (Å²) < 4.78 is 24.8. The summed E-state index contributed by atoms with van der Waals surface area (Å²) in [6.07, 6.45) is 0.0804. The molecule has 1 aliphatic rings. The molecule has 0 bridgehead atoms. The van der Waals surface area contributed by atoms with E-state index in [0.717, 1.165) is 4.70 Å². The van der Waals surface area contributed by atoms with Crippen LogP contribution in [0.2, 0.25) is 5.02 Å². The number of halogens is 2. The van der Waals surface area contributed by atoms with Gasteiger partial charge < -0.3 is 25.2 Å². The summed E-state index contributed by atoms with van der Waals surface area (Å²) in [4.78, 5) is 34.1. The van der Waals surface area contributed by atoms with Crippen LogP contribution in [-0.2, 0) is 11.3 Å². The van der Waals surface area contributed by atoms with Crippen molar-refractivity contribution in [2.45, 2.75) is 32.0 Å². The summed E-state index contributed by atoms with van der Waals surface area (Å²) in [7, 11) is 0. The maximum Gasteiger partial charge on any atom is 0.408 e. The highest BCUT2D eigenvalue weighted by atomic mass is 35.5. The van der Waals surface area contributed by atoms with Gasteiger partial charge in [-0.2, -0.15) is 0 Å². The van der Waals surface area contributed by atoms with Gasteiger partial charge in [0.15, 0.2) is 5.82 Å². The first-order valence-corrected chi connectivity index (χ1v) is 14.1. The number of nitrogens with zero attached hydrogens (tertiary/aromatic N) is 3. The number of likely N-dealkylation sites (tertiary alicyclic amines) is 1. The number of rotatable bonds is 7. The van der Waals surface area contributed by atoms with Crippen LogP contribution in [0.25, 0.3) is 10.2 Å². The van der Waals surface area contributed by atoms with Crippen LogP contribution in [0, 0.1) is 17.7 Å². The van der Waals surface area contributed by atoms with Crippen molar-refractivity contribution in [3.05, 3.63) is 76.1 Å². The number of fused-ring (bicyclic) bond motifs is 1. The predicted molar refractivity (Wildman–Crippen MR) is 157 cm³/mol. The van der Waals surface area contributed by atoms with E-state index in [2.05, 4.69) is 32.4 Å². The van der Waals surface area contributed by atoms with E-state index in [1.165, 1.54) is 34.7 Å². The molecule has 1 aliphatic heterocycles. The zero-order valence-electron chi connectivity index (χ0n) is 22.3. The molecule has 42 heavy (non-hydrogen) atoms. The summed E-state index contributed by atoms with van der Waals surface area (Å²) >= 11 is 7.81. The van der Waals surface area contributed by atoms with Gasteiger partial charge >= 0.3 is 12.2 Å².